The molecule has 0 aliphatic carbocycles. The predicted octanol–water partition coefficient (Wildman–Crippen LogP) is 1.86. The largest absolute Gasteiger partial charge is 0.350 e. The summed E-state index contributed by atoms with van der Waals surface area (Å²) in [5, 5.41) is 6.48. The van der Waals surface area contributed by atoms with Gasteiger partial charge in [0.25, 0.3) is 0 Å². The molecule has 5 nitrogen and oxygen atoms in total. The molecule has 7 heteroatoms. The number of rotatable bonds is 3. The Morgan fingerprint density at radius 3 is 2.65 bits per heavy atom. The van der Waals surface area contributed by atoms with Gasteiger partial charge in [0.05, 0.1) is 5.88 Å². The number of amides is 2. The lowest BCUT2D eigenvalue weighted by molar-refractivity contribution is -0.139. The molecular weight excluding hydrogens is 334 g/mol. The van der Waals surface area contributed by atoms with Crippen LogP contribution in [0.5, 0.6) is 0 Å². The van der Waals surface area contributed by atoms with Crippen molar-refractivity contribution in [2.45, 2.75) is 52.6 Å². The topological polar surface area (TPSA) is 61.4 Å². The second-order valence-electron chi connectivity index (χ2n) is 7.70. The first-order valence-corrected chi connectivity index (χ1v) is 9.32. The van der Waals surface area contributed by atoms with E-state index in [0.29, 0.717) is 24.0 Å². The van der Waals surface area contributed by atoms with Crippen LogP contribution in [0.4, 0.5) is 0 Å². The van der Waals surface area contributed by atoms with Gasteiger partial charge in [-0.15, -0.1) is 24.2 Å². The van der Waals surface area contributed by atoms with Gasteiger partial charge in [0.15, 0.2) is 0 Å². The third-order valence-electron chi connectivity index (χ3n) is 4.34. The van der Waals surface area contributed by atoms with Crippen molar-refractivity contribution in [2.24, 2.45) is 11.3 Å². The molecule has 2 aliphatic heterocycles. The van der Waals surface area contributed by atoms with Crippen molar-refractivity contribution in [1.29, 1.82) is 0 Å². The minimum absolute atomic E-state index is 0. The number of carbonyl (C=O) groups excluding carboxylic acids is 2. The SMILES string of the molecule is CC1CCNCC1NC(=O)C1CSCN1C(=O)CC(C)(C)C.Cl. The number of thioether (sulfide) groups is 1. The summed E-state index contributed by atoms with van der Waals surface area (Å²) in [5.74, 6) is 1.92. The summed E-state index contributed by atoms with van der Waals surface area (Å²) in [6.07, 6.45) is 1.57. The number of hydrogen-bond acceptors (Lipinski definition) is 4. The van der Waals surface area contributed by atoms with E-state index in [1.54, 1.807) is 16.7 Å². The lowest BCUT2D eigenvalue weighted by atomic mass is 9.91. The second-order valence-corrected chi connectivity index (χ2v) is 8.70. The van der Waals surface area contributed by atoms with Gasteiger partial charge in [0.2, 0.25) is 11.8 Å². The van der Waals surface area contributed by atoms with Gasteiger partial charge in [0, 0.05) is 24.8 Å². The van der Waals surface area contributed by atoms with E-state index in [1.807, 2.05) is 0 Å². The Hall–Kier alpha value is -0.460. The van der Waals surface area contributed by atoms with E-state index < -0.39 is 0 Å². The maximum absolute atomic E-state index is 12.6. The monoisotopic (exact) mass is 363 g/mol. The lowest BCUT2D eigenvalue weighted by Gasteiger charge is -2.33. The van der Waals surface area contributed by atoms with E-state index in [9.17, 15) is 9.59 Å². The third kappa shape index (κ3) is 5.84. The van der Waals surface area contributed by atoms with Gasteiger partial charge in [-0.2, -0.15) is 0 Å². The molecular formula is C16H30ClN3O2S. The molecule has 2 aliphatic rings. The summed E-state index contributed by atoms with van der Waals surface area (Å²) in [4.78, 5) is 26.8. The Kier molecular flexibility index (Phi) is 7.68. The van der Waals surface area contributed by atoms with E-state index in [-0.39, 0.29) is 41.7 Å². The summed E-state index contributed by atoms with van der Waals surface area (Å²) in [6, 6.07) is -0.139. The molecule has 3 unspecified atom stereocenters. The van der Waals surface area contributed by atoms with Crippen LogP contribution in [0.3, 0.4) is 0 Å². The predicted molar refractivity (Wildman–Crippen MR) is 97.9 cm³/mol. The van der Waals surface area contributed by atoms with Crippen LogP contribution in [0, 0.1) is 11.3 Å². The molecule has 23 heavy (non-hydrogen) atoms. The Balaban J connectivity index is 0.00000264. The molecule has 0 radical (unpaired) electrons. The van der Waals surface area contributed by atoms with Crippen molar-refractivity contribution in [3.8, 4) is 0 Å². The van der Waals surface area contributed by atoms with Crippen molar-refractivity contribution < 1.29 is 9.59 Å². The lowest BCUT2D eigenvalue weighted by Crippen LogP contribution is -2.55. The summed E-state index contributed by atoms with van der Waals surface area (Å²) in [5.41, 5.74) is -0.0484. The average molecular weight is 364 g/mol. The van der Waals surface area contributed by atoms with Gasteiger partial charge in [-0.1, -0.05) is 27.7 Å². The molecule has 0 aromatic carbocycles. The average Bonchev–Trinajstić information content (AvgIpc) is 2.89. The highest BCUT2D eigenvalue weighted by Gasteiger charge is 2.37. The molecule has 134 valence electrons. The van der Waals surface area contributed by atoms with Crippen LogP contribution < -0.4 is 10.6 Å². The van der Waals surface area contributed by atoms with Gasteiger partial charge in [-0.3, -0.25) is 9.59 Å². The minimum atomic E-state index is -0.311. The molecule has 0 bridgehead atoms. The van der Waals surface area contributed by atoms with Crippen molar-refractivity contribution in [1.82, 2.24) is 15.5 Å². The number of nitrogens with zero attached hydrogens (tertiary/aromatic N) is 1. The number of carbonyl (C=O) groups is 2. The van der Waals surface area contributed by atoms with E-state index in [4.69, 9.17) is 0 Å². The Morgan fingerprint density at radius 1 is 1.35 bits per heavy atom. The fourth-order valence-electron chi connectivity index (χ4n) is 2.92. The summed E-state index contributed by atoms with van der Waals surface area (Å²) in [7, 11) is 0. The first-order valence-electron chi connectivity index (χ1n) is 8.16. The summed E-state index contributed by atoms with van der Waals surface area (Å²) in [6.45, 7) is 10.2. The van der Waals surface area contributed by atoms with Gasteiger partial charge in [-0.25, -0.2) is 0 Å². The van der Waals surface area contributed by atoms with Crippen LogP contribution in [0.15, 0.2) is 0 Å². The maximum atomic E-state index is 12.6. The summed E-state index contributed by atoms with van der Waals surface area (Å²) >= 11 is 1.66. The Morgan fingerprint density at radius 2 is 2.04 bits per heavy atom. The number of hydrogen-bond donors (Lipinski definition) is 2. The molecule has 2 amide bonds. The first-order chi connectivity index (χ1) is 10.3. The highest BCUT2D eigenvalue weighted by Crippen LogP contribution is 2.26. The van der Waals surface area contributed by atoms with Crippen LogP contribution >= 0.6 is 24.2 Å². The quantitative estimate of drug-likeness (QED) is 0.803. The van der Waals surface area contributed by atoms with Gasteiger partial charge < -0.3 is 15.5 Å². The normalized spacial score (nSPS) is 28.2. The zero-order chi connectivity index (χ0) is 16.3. The Labute approximate surface area is 150 Å². The molecule has 2 saturated heterocycles. The van der Waals surface area contributed by atoms with Crippen molar-refractivity contribution in [2.75, 3.05) is 24.7 Å². The van der Waals surface area contributed by atoms with Crippen LogP contribution in [0.2, 0.25) is 0 Å². The fraction of sp³-hybridized carbons (Fsp3) is 0.875. The molecule has 0 aromatic rings. The van der Waals surface area contributed by atoms with Gasteiger partial charge in [-0.05, 0) is 24.3 Å². The van der Waals surface area contributed by atoms with E-state index in [1.165, 1.54) is 0 Å². The van der Waals surface area contributed by atoms with Gasteiger partial charge in [0.1, 0.15) is 6.04 Å². The number of piperidine rings is 1. The van der Waals surface area contributed by atoms with Crippen molar-refractivity contribution in [3.63, 3.8) is 0 Å². The zero-order valence-corrected chi connectivity index (χ0v) is 16.2. The number of nitrogens with one attached hydrogen (secondary N) is 2. The Bertz CT molecular complexity index is 428. The van der Waals surface area contributed by atoms with E-state index >= 15 is 0 Å². The van der Waals surface area contributed by atoms with Gasteiger partial charge >= 0.3 is 0 Å². The standard InChI is InChI=1S/C16H29N3O2S.ClH/c1-11-5-6-17-8-12(11)18-15(21)13-9-22-10-19(13)14(20)7-16(2,3)4;/h11-13,17H,5-10H2,1-4H3,(H,18,21);1H. The molecule has 3 atom stereocenters. The highest BCUT2D eigenvalue weighted by molar-refractivity contribution is 7.99. The highest BCUT2D eigenvalue weighted by atomic mass is 35.5. The zero-order valence-electron chi connectivity index (χ0n) is 14.6. The second kappa shape index (κ2) is 8.58. The van der Waals surface area contributed by atoms with Crippen LogP contribution in [0.1, 0.15) is 40.5 Å². The van der Waals surface area contributed by atoms with Crippen LogP contribution in [-0.2, 0) is 9.59 Å². The molecule has 0 spiro atoms. The molecule has 2 rings (SSSR count). The summed E-state index contributed by atoms with van der Waals surface area (Å²) < 4.78 is 0. The molecule has 2 fully saturated rings. The fourth-order valence-corrected chi connectivity index (χ4v) is 4.10. The van der Waals surface area contributed by atoms with Crippen LogP contribution in [0.25, 0.3) is 0 Å². The van der Waals surface area contributed by atoms with Crippen molar-refractivity contribution in [3.05, 3.63) is 0 Å². The molecule has 2 N–H and O–H groups in total. The third-order valence-corrected chi connectivity index (χ3v) is 5.35. The maximum Gasteiger partial charge on any atom is 0.243 e. The smallest absolute Gasteiger partial charge is 0.243 e. The van der Waals surface area contributed by atoms with E-state index in [2.05, 4.69) is 38.3 Å². The van der Waals surface area contributed by atoms with E-state index in [0.717, 1.165) is 19.5 Å². The van der Waals surface area contributed by atoms with Crippen molar-refractivity contribution >= 4 is 36.0 Å². The minimum Gasteiger partial charge on any atom is -0.350 e. The number of halogens is 1. The first kappa shape index (κ1) is 20.6. The van der Waals surface area contributed by atoms with Crippen LogP contribution in [-0.4, -0.2) is 53.5 Å². The molecule has 0 aromatic heterocycles. The molecule has 2 heterocycles. The molecule has 0 saturated carbocycles.